The minimum atomic E-state index is 0.600. The fourth-order valence-corrected chi connectivity index (χ4v) is 2.10. The second-order valence-corrected chi connectivity index (χ2v) is 4.89. The number of anilines is 1. The molecule has 1 heterocycles. The molecule has 0 radical (unpaired) electrons. The van der Waals surface area contributed by atoms with Crippen molar-refractivity contribution in [2.45, 2.75) is 52.1 Å². The fraction of sp³-hybridized carbons (Fsp3) is 0.750. The van der Waals surface area contributed by atoms with E-state index in [0.29, 0.717) is 11.7 Å². The minimum Gasteiger partial charge on any atom is -0.375 e. The third-order valence-electron chi connectivity index (χ3n) is 2.46. The highest BCUT2D eigenvalue weighted by Gasteiger charge is 1.98. The van der Waals surface area contributed by atoms with Crippen LogP contribution in [0.3, 0.4) is 0 Å². The molecule has 3 nitrogen and oxygen atoms in total. The van der Waals surface area contributed by atoms with Gasteiger partial charge in [-0.25, -0.2) is 4.98 Å². The molecule has 0 saturated heterocycles. The number of aromatic nitrogens is 1. The fourth-order valence-electron chi connectivity index (χ4n) is 1.55. The van der Waals surface area contributed by atoms with Crippen LogP contribution in [0.4, 0.5) is 5.13 Å². The van der Waals surface area contributed by atoms with Crippen molar-refractivity contribution in [1.82, 2.24) is 4.98 Å². The Morgan fingerprint density at radius 3 is 2.69 bits per heavy atom. The summed E-state index contributed by atoms with van der Waals surface area (Å²) in [6, 6.07) is 0. The second-order valence-electron chi connectivity index (χ2n) is 4.00. The van der Waals surface area contributed by atoms with E-state index in [9.17, 15) is 0 Å². The molecule has 4 heteroatoms. The zero-order valence-electron chi connectivity index (χ0n) is 10.1. The van der Waals surface area contributed by atoms with Gasteiger partial charge in [0.15, 0.2) is 5.13 Å². The lowest BCUT2D eigenvalue weighted by molar-refractivity contribution is 0.114. The van der Waals surface area contributed by atoms with Crippen LogP contribution in [0.15, 0.2) is 5.38 Å². The molecule has 0 spiro atoms. The van der Waals surface area contributed by atoms with Gasteiger partial charge < -0.3 is 10.5 Å². The minimum absolute atomic E-state index is 0.600. The summed E-state index contributed by atoms with van der Waals surface area (Å²) >= 11 is 1.47. The molecule has 0 atom stereocenters. The van der Waals surface area contributed by atoms with Gasteiger partial charge in [-0.3, -0.25) is 0 Å². The number of nitrogens with zero attached hydrogens (tertiary/aromatic N) is 1. The summed E-state index contributed by atoms with van der Waals surface area (Å²) in [4.78, 5) is 4.14. The van der Waals surface area contributed by atoms with Gasteiger partial charge in [-0.05, 0) is 6.42 Å². The molecule has 0 aliphatic heterocycles. The van der Waals surface area contributed by atoms with Crippen LogP contribution in [0.2, 0.25) is 0 Å². The SMILES string of the molecule is CCCCCCCCOCc1csc(N)n1. The maximum Gasteiger partial charge on any atom is 0.180 e. The number of unbranched alkanes of at least 4 members (excludes halogenated alkanes) is 5. The first kappa shape index (κ1) is 13.5. The molecule has 0 unspecified atom stereocenters. The summed E-state index contributed by atoms with van der Waals surface area (Å²) < 4.78 is 5.53. The molecular weight excluding hydrogens is 220 g/mol. The molecular formula is C12H22N2OS. The maximum absolute atomic E-state index is 5.53. The summed E-state index contributed by atoms with van der Waals surface area (Å²) in [5.41, 5.74) is 6.48. The van der Waals surface area contributed by atoms with Crippen LogP contribution in [0.25, 0.3) is 0 Å². The first-order chi connectivity index (χ1) is 7.83. The summed E-state index contributed by atoms with van der Waals surface area (Å²) in [7, 11) is 0. The Hall–Kier alpha value is -0.610. The predicted molar refractivity (Wildman–Crippen MR) is 69.6 cm³/mol. The Kier molecular flexibility index (Phi) is 7.17. The summed E-state index contributed by atoms with van der Waals surface area (Å²) in [5.74, 6) is 0. The molecule has 16 heavy (non-hydrogen) atoms. The van der Waals surface area contributed by atoms with Crippen molar-refractivity contribution >= 4 is 16.5 Å². The third kappa shape index (κ3) is 6.08. The quantitative estimate of drug-likeness (QED) is 0.673. The molecule has 1 aromatic rings. The molecule has 0 aliphatic rings. The highest BCUT2D eigenvalue weighted by Crippen LogP contribution is 2.12. The van der Waals surface area contributed by atoms with Crippen LogP contribution in [-0.2, 0) is 11.3 Å². The zero-order chi connectivity index (χ0) is 11.6. The van der Waals surface area contributed by atoms with Gasteiger partial charge in [-0.15, -0.1) is 11.3 Å². The van der Waals surface area contributed by atoms with Gasteiger partial charge in [0, 0.05) is 12.0 Å². The van der Waals surface area contributed by atoms with E-state index in [2.05, 4.69) is 11.9 Å². The standard InChI is InChI=1S/C12H22N2OS/c1-2-3-4-5-6-7-8-15-9-11-10-16-12(13)14-11/h10H,2-9H2,1H3,(H2,13,14). The number of thiazole rings is 1. The third-order valence-corrected chi connectivity index (χ3v) is 3.18. The van der Waals surface area contributed by atoms with Crippen molar-refractivity contribution < 1.29 is 4.74 Å². The largest absolute Gasteiger partial charge is 0.375 e. The molecule has 1 aromatic heterocycles. The Labute approximate surface area is 102 Å². The zero-order valence-corrected chi connectivity index (χ0v) is 10.9. The molecule has 0 aromatic carbocycles. The highest BCUT2D eigenvalue weighted by atomic mass is 32.1. The van der Waals surface area contributed by atoms with Gasteiger partial charge in [0.1, 0.15) is 0 Å². The van der Waals surface area contributed by atoms with Crippen molar-refractivity contribution in [3.05, 3.63) is 11.1 Å². The number of hydrogen-bond donors (Lipinski definition) is 1. The van der Waals surface area contributed by atoms with Crippen molar-refractivity contribution in [2.24, 2.45) is 0 Å². The topological polar surface area (TPSA) is 48.1 Å². The van der Waals surface area contributed by atoms with Gasteiger partial charge in [0.25, 0.3) is 0 Å². The molecule has 0 amide bonds. The van der Waals surface area contributed by atoms with Crippen LogP contribution in [0.1, 0.15) is 51.1 Å². The maximum atomic E-state index is 5.53. The number of rotatable bonds is 9. The van der Waals surface area contributed by atoms with Crippen LogP contribution in [0, 0.1) is 0 Å². The summed E-state index contributed by atoms with van der Waals surface area (Å²) in [5, 5.41) is 2.58. The average molecular weight is 242 g/mol. The average Bonchev–Trinajstić information content (AvgIpc) is 2.68. The van der Waals surface area contributed by atoms with Crippen LogP contribution in [-0.4, -0.2) is 11.6 Å². The lowest BCUT2D eigenvalue weighted by Crippen LogP contribution is -1.96. The lowest BCUT2D eigenvalue weighted by Gasteiger charge is -2.02. The number of ether oxygens (including phenoxy) is 1. The van der Waals surface area contributed by atoms with Crippen molar-refractivity contribution in [3.8, 4) is 0 Å². The van der Waals surface area contributed by atoms with Gasteiger partial charge in [0.05, 0.1) is 12.3 Å². The summed E-state index contributed by atoms with van der Waals surface area (Å²) in [6.07, 6.45) is 7.79. The first-order valence-electron chi connectivity index (χ1n) is 6.10. The van der Waals surface area contributed by atoms with E-state index < -0.39 is 0 Å². The molecule has 92 valence electrons. The Morgan fingerprint density at radius 1 is 1.25 bits per heavy atom. The van der Waals surface area contributed by atoms with Gasteiger partial charge in [-0.1, -0.05) is 39.0 Å². The molecule has 2 N–H and O–H groups in total. The van der Waals surface area contributed by atoms with Crippen molar-refractivity contribution in [3.63, 3.8) is 0 Å². The number of hydrogen-bond acceptors (Lipinski definition) is 4. The van der Waals surface area contributed by atoms with Gasteiger partial charge >= 0.3 is 0 Å². The Balaban J connectivity index is 1.88. The van der Waals surface area contributed by atoms with E-state index in [1.807, 2.05) is 5.38 Å². The number of nitrogens with two attached hydrogens (primary N) is 1. The predicted octanol–water partition coefficient (Wildman–Crippen LogP) is 3.60. The van der Waals surface area contributed by atoms with Crippen molar-refractivity contribution in [2.75, 3.05) is 12.3 Å². The smallest absolute Gasteiger partial charge is 0.180 e. The second kappa shape index (κ2) is 8.53. The van der Waals surface area contributed by atoms with E-state index >= 15 is 0 Å². The Morgan fingerprint density at radius 2 is 2.00 bits per heavy atom. The monoisotopic (exact) mass is 242 g/mol. The van der Waals surface area contributed by atoms with E-state index in [0.717, 1.165) is 18.7 Å². The molecule has 1 rings (SSSR count). The molecule has 0 fully saturated rings. The van der Waals surface area contributed by atoms with Crippen LogP contribution < -0.4 is 5.73 Å². The highest BCUT2D eigenvalue weighted by molar-refractivity contribution is 7.13. The number of nitrogen functional groups attached to an aromatic ring is 1. The summed E-state index contributed by atoms with van der Waals surface area (Å²) in [6.45, 7) is 3.68. The van der Waals surface area contributed by atoms with Crippen LogP contribution in [0.5, 0.6) is 0 Å². The van der Waals surface area contributed by atoms with Gasteiger partial charge in [-0.2, -0.15) is 0 Å². The van der Waals surface area contributed by atoms with Crippen LogP contribution >= 0.6 is 11.3 Å². The Bertz CT molecular complexity index is 276. The van der Waals surface area contributed by atoms with E-state index in [4.69, 9.17) is 10.5 Å². The normalized spacial score (nSPS) is 10.8. The molecule has 0 saturated carbocycles. The lowest BCUT2D eigenvalue weighted by atomic mass is 10.1. The van der Waals surface area contributed by atoms with E-state index in [-0.39, 0.29) is 0 Å². The molecule has 0 aliphatic carbocycles. The van der Waals surface area contributed by atoms with E-state index in [1.54, 1.807) is 0 Å². The molecule has 0 bridgehead atoms. The van der Waals surface area contributed by atoms with E-state index in [1.165, 1.54) is 43.4 Å². The van der Waals surface area contributed by atoms with Gasteiger partial charge in [0.2, 0.25) is 0 Å². The first-order valence-corrected chi connectivity index (χ1v) is 6.98. The van der Waals surface area contributed by atoms with Crippen molar-refractivity contribution in [1.29, 1.82) is 0 Å².